The van der Waals surface area contributed by atoms with Crippen molar-refractivity contribution in [2.75, 3.05) is 6.54 Å². The van der Waals surface area contributed by atoms with Crippen LogP contribution in [0, 0.1) is 11.7 Å². The third-order valence-corrected chi connectivity index (χ3v) is 3.86. The van der Waals surface area contributed by atoms with Gasteiger partial charge in [-0.05, 0) is 47.3 Å². The lowest BCUT2D eigenvalue weighted by atomic mass is 9.90. The van der Waals surface area contributed by atoms with Gasteiger partial charge in [0.05, 0.1) is 4.47 Å². The Morgan fingerprint density at radius 1 is 1.28 bits per heavy atom. The summed E-state index contributed by atoms with van der Waals surface area (Å²) in [5, 5.41) is 3.48. The lowest BCUT2D eigenvalue weighted by Gasteiger charge is -2.26. The highest BCUT2D eigenvalue weighted by Crippen LogP contribution is 2.30. The molecule has 0 radical (unpaired) electrons. The molecule has 0 aliphatic carbocycles. The average molecular weight is 316 g/mol. The summed E-state index contributed by atoms with van der Waals surface area (Å²) in [6.07, 6.45) is 3.29. The highest BCUT2D eigenvalue weighted by Gasteiger charge is 2.21. The zero-order chi connectivity index (χ0) is 13.5. The summed E-state index contributed by atoms with van der Waals surface area (Å²) in [5.41, 5.74) is 0.777. The summed E-state index contributed by atoms with van der Waals surface area (Å²) in [5.74, 6) is 0.305. The molecule has 1 aromatic carbocycles. The van der Waals surface area contributed by atoms with Crippen LogP contribution in [0.25, 0.3) is 0 Å². The van der Waals surface area contributed by atoms with E-state index in [2.05, 4.69) is 42.0 Å². The van der Waals surface area contributed by atoms with Crippen LogP contribution in [0.3, 0.4) is 0 Å². The van der Waals surface area contributed by atoms with Crippen LogP contribution in [0.15, 0.2) is 22.7 Å². The van der Waals surface area contributed by atoms with Crippen LogP contribution in [0.1, 0.15) is 51.6 Å². The molecule has 0 saturated heterocycles. The van der Waals surface area contributed by atoms with E-state index >= 15 is 0 Å². The molecule has 18 heavy (non-hydrogen) atoms. The van der Waals surface area contributed by atoms with Crippen molar-refractivity contribution in [2.45, 2.75) is 46.1 Å². The first kappa shape index (κ1) is 15.6. The van der Waals surface area contributed by atoms with Crippen LogP contribution in [-0.2, 0) is 0 Å². The van der Waals surface area contributed by atoms with Gasteiger partial charge in [-0.15, -0.1) is 0 Å². The smallest absolute Gasteiger partial charge is 0.142 e. The maximum Gasteiger partial charge on any atom is 0.142 e. The predicted molar refractivity (Wildman–Crippen MR) is 79.2 cm³/mol. The first-order valence-corrected chi connectivity index (χ1v) is 7.58. The summed E-state index contributed by atoms with van der Waals surface area (Å²) in [6, 6.07) is 5.64. The fourth-order valence-electron chi connectivity index (χ4n) is 2.30. The summed E-state index contributed by atoms with van der Waals surface area (Å²) < 4.78 is 14.7. The molecule has 1 nitrogen and oxygen atoms in total. The van der Waals surface area contributed by atoms with Crippen LogP contribution in [-0.4, -0.2) is 6.54 Å². The Labute approximate surface area is 118 Å². The Balaban J connectivity index is 2.97. The van der Waals surface area contributed by atoms with E-state index < -0.39 is 0 Å². The second kappa shape index (κ2) is 7.90. The van der Waals surface area contributed by atoms with Crippen molar-refractivity contribution in [2.24, 2.45) is 5.92 Å². The van der Waals surface area contributed by atoms with E-state index in [1.165, 1.54) is 0 Å². The molecule has 0 spiro atoms. The van der Waals surface area contributed by atoms with Crippen LogP contribution >= 0.6 is 15.9 Å². The Bertz CT molecular complexity index is 368. The number of benzene rings is 1. The van der Waals surface area contributed by atoms with Crippen LogP contribution in [0.5, 0.6) is 0 Å². The van der Waals surface area contributed by atoms with Crippen LogP contribution < -0.4 is 5.32 Å². The second-order valence-corrected chi connectivity index (χ2v) is 5.70. The van der Waals surface area contributed by atoms with Crippen molar-refractivity contribution in [1.82, 2.24) is 5.32 Å². The first-order valence-electron chi connectivity index (χ1n) is 6.79. The highest BCUT2D eigenvalue weighted by atomic mass is 79.9. The lowest BCUT2D eigenvalue weighted by Crippen LogP contribution is -2.28. The fourth-order valence-corrected chi connectivity index (χ4v) is 2.68. The van der Waals surface area contributed by atoms with Gasteiger partial charge in [0.15, 0.2) is 0 Å². The van der Waals surface area contributed by atoms with E-state index in [1.54, 1.807) is 6.07 Å². The third kappa shape index (κ3) is 4.06. The van der Waals surface area contributed by atoms with Crippen molar-refractivity contribution < 1.29 is 4.39 Å². The molecule has 102 valence electrons. The van der Waals surface area contributed by atoms with E-state index in [4.69, 9.17) is 0 Å². The largest absolute Gasteiger partial charge is 0.310 e. The molecular weight excluding hydrogens is 293 g/mol. The summed E-state index contributed by atoms with van der Waals surface area (Å²) in [6.45, 7) is 7.41. The maximum absolute atomic E-state index is 14.2. The average Bonchev–Trinajstić information content (AvgIpc) is 2.35. The van der Waals surface area contributed by atoms with Gasteiger partial charge in [-0.3, -0.25) is 0 Å². The molecule has 1 rings (SSSR count). The molecule has 0 aliphatic rings. The summed E-state index contributed by atoms with van der Waals surface area (Å²) in [4.78, 5) is 0. The third-order valence-electron chi connectivity index (χ3n) is 3.24. The van der Waals surface area contributed by atoms with Gasteiger partial charge in [0.25, 0.3) is 0 Å². The zero-order valence-corrected chi connectivity index (χ0v) is 13.1. The molecule has 0 aromatic heterocycles. The quantitative estimate of drug-likeness (QED) is 0.741. The van der Waals surface area contributed by atoms with Gasteiger partial charge >= 0.3 is 0 Å². The van der Waals surface area contributed by atoms with Crippen LogP contribution in [0.4, 0.5) is 4.39 Å². The maximum atomic E-state index is 14.2. The predicted octanol–water partition coefficient (Wildman–Crippen LogP) is 5.07. The Morgan fingerprint density at radius 2 is 2.00 bits per heavy atom. The summed E-state index contributed by atoms with van der Waals surface area (Å²) >= 11 is 3.27. The minimum atomic E-state index is -0.131. The molecule has 0 bridgehead atoms. The SMILES string of the molecule is CCCNC(c1cccc(Br)c1F)C(C)CCC. The second-order valence-electron chi connectivity index (χ2n) is 4.84. The molecule has 1 N–H and O–H groups in total. The number of halogens is 2. The molecule has 3 heteroatoms. The fraction of sp³-hybridized carbons (Fsp3) is 0.600. The molecule has 2 atom stereocenters. The monoisotopic (exact) mass is 315 g/mol. The standard InChI is InChI=1S/C15H23BrFN/c1-4-7-11(3)15(18-10-5-2)12-8-6-9-13(16)14(12)17/h6,8-9,11,15,18H,4-5,7,10H2,1-3H3. The van der Waals surface area contributed by atoms with Gasteiger partial charge in [-0.2, -0.15) is 0 Å². The molecule has 0 aliphatic heterocycles. The van der Waals surface area contributed by atoms with Gasteiger partial charge in [0.1, 0.15) is 5.82 Å². The number of rotatable bonds is 7. The van der Waals surface area contributed by atoms with Crippen molar-refractivity contribution >= 4 is 15.9 Å². The van der Waals surface area contributed by atoms with Crippen LogP contribution in [0.2, 0.25) is 0 Å². The molecule has 0 heterocycles. The Morgan fingerprint density at radius 3 is 2.61 bits per heavy atom. The topological polar surface area (TPSA) is 12.0 Å². The minimum Gasteiger partial charge on any atom is -0.310 e. The van der Waals surface area contributed by atoms with Crippen molar-refractivity contribution in [3.8, 4) is 0 Å². The molecule has 1 aromatic rings. The zero-order valence-electron chi connectivity index (χ0n) is 11.5. The summed E-state index contributed by atoms with van der Waals surface area (Å²) in [7, 11) is 0. The van der Waals surface area contributed by atoms with Gasteiger partial charge < -0.3 is 5.32 Å². The Hall–Kier alpha value is -0.410. The highest BCUT2D eigenvalue weighted by molar-refractivity contribution is 9.10. The molecular formula is C15H23BrFN. The molecule has 0 fully saturated rings. The van der Waals surface area contributed by atoms with Crippen molar-refractivity contribution in [3.05, 3.63) is 34.1 Å². The van der Waals surface area contributed by atoms with Crippen molar-refractivity contribution in [3.63, 3.8) is 0 Å². The minimum absolute atomic E-state index is 0.0994. The van der Waals surface area contributed by atoms with E-state index in [0.29, 0.717) is 10.4 Å². The molecule has 0 amide bonds. The van der Waals surface area contributed by atoms with E-state index in [-0.39, 0.29) is 11.9 Å². The number of nitrogens with one attached hydrogen (secondary N) is 1. The molecule has 0 saturated carbocycles. The Kier molecular flexibility index (Phi) is 6.87. The van der Waals surface area contributed by atoms with Crippen molar-refractivity contribution in [1.29, 1.82) is 0 Å². The van der Waals surface area contributed by atoms with E-state index in [9.17, 15) is 4.39 Å². The van der Waals surface area contributed by atoms with E-state index in [0.717, 1.165) is 31.4 Å². The van der Waals surface area contributed by atoms with Gasteiger partial charge in [-0.1, -0.05) is 39.3 Å². The first-order chi connectivity index (χ1) is 8.61. The van der Waals surface area contributed by atoms with Gasteiger partial charge in [0, 0.05) is 11.6 Å². The number of hydrogen-bond donors (Lipinski definition) is 1. The van der Waals surface area contributed by atoms with Gasteiger partial charge in [-0.25, -0.2) is 4.39 Å². The molecule has 2 unspecified atom stereocenters. The van der Waals surface area contributed by atoms with Gasteiger partial charge in [0.2, 0.25) is 0 Å². The van der Waals surface area contributed by atoms with E-state index in [1.807, 2.05) is 12.1 Å². The number of hydrogen-bond acceptors (Lipinski definition) is 1. The normalized spacial score (nSPS) is 14.5. The lowest BCUT2D eigenvalue weighted by molar-refractivity contribution is 0.353.